The fourth-order valence-electron chi connectivity index (χ4n) is 3.18. The van der Waals surface area contributed by atoms with Crippen molar-refractivity contribution in [2.75, 3.05) is 19.6 Å². The van der Waals surface area contributed by atoms with Gasteiger partial charge in [-0.05, 0) is 43.4 Å². The third-order valence-corrected chi connectivity index (χ3v) is 4.84. The van der Waals surface area contributed by atoms with Crippen molar-refractivity contribution < 1.29 is 14.7 Å². The summed E-state index contributed by atoms with van der Waals surface area (Å²) < 4.78 is 0. The maximum atomic E-state index is 11.9. The fourth-order valence-corrected chi connectivity index (χ4v) is 3.18. The number of hydrogen-bond donors (Lipinski definition) is 3. The molecule has 0 radical (unpaired) electrons. The molecule has 6 nitrogen and oxygen atoms in total. The fraction of sp³-hybridized carbons (Fsp3) is 0.579. The number of carbonyl (C=O) groups is 2. The number of carboxylic acids is 1. The lowest BCUT2D eigenvalue weighted by Crippen LogP contribution is -2.56. The van der Waals surface area contributed by atoms with E-state index in [9.17, 15) is 9.59 Å². The molecular formula is C19H29N3O3. The summed E-state index contributed by atoms with van der Waals surface area (Å²) in [5.74, 6) is -0.803. The average Bonchev–Trinajstić information content (AvgIpc) is 2.56. The van der Waals surface area contributed by atoms with Crippen molar-refractivity contribution in [2.45, 2.75) is 51.6 Å². The van der Waals surface area contributed by atoms with E-state index in [1.165, 1.54) is 11.1 Å². The molecule has 1 aliphatic rings. The predicted molar refractivity (Wildman–Crippen MR) is 97.8 cm³/mol. The SMILES string of the molecule is CCc1ccc(CCNC(=O)NC2CC(N(CC)CC(=O)O)C2)cc1. The zero-order valence-electron chi connectivity index (χ0n) is 15.1. The number of nitrogens with one attached hydrogen (secondary N) is 2. The Labute approximate surface area is 149 Å². The maximum Gasteiger partial charge on any atom is 0.317 e. The summed E-state index contributed by atoms with van der Waals surface area (Å²) in [7, 11) is 0. The summed E-state index contributed by atoms with van der Waals surface area (Å²) in [4.78, 5) is 24.7. The number of benzene rings is 1. The molecule has 138 valence electrons. The van der Waals surface area contributed by atoms with Crippen molar-refractivity contribution in [3.8, 4) is 0 Å². The monoisotopic (exact) mass is 347 g/mol. The maximum absolute atomic E-state index is 11.9. The zero-order chi connectivity index (χ0) is 18.2. The van der Waals surface area contributed by atoms with Gasteiger partial charge in [-0.2, -0.15) is 0 Å². The standard InChI is InChI=1S/C19H29N3O3/c1-3-14-5-7-15(8-6-14)9-10-20-19(25)21-16-11-17(12-16)22(4-2)13-18(23)24/h5-8,16-17H,3-4,9-13H2,1-2H3,(H,23,24)(H2,20,21,25). The molecule has 0 aromatic heterocycles. The van der Waals surface area contributed by atoms with E-state index in [0.29, 0.717) is 13.1 Å². The van der Waals surface area contributed by atoms with Gasteiger partial charge in [0, 0.05) is 18.6 Å². The normalized spacial score (nSPS) is 19.3. The minimum Gasteiger partial charge on any atom is -0.480 e. The third kappa shape index (κ3) is 6.05. The highest BCUT2D eigenvalue weighted by molar-refractivity contribution is 5.74. The molecule has 0 saturated heterocycles. The molecule has 3 N–H and O–H groups in total. The van der Waals surface area contributed by atoms with E-state index in [1.807, 2.05) is 11.8 Å². The van der Waals surface area contributed by atoms with Crippen molar-refractivity contribution in [2.24, 2.45) is 0 Å². The topological polar surface area (TPSA) is 81.7 Å². The minimum atomic E-state index is -0.803. The molecule has 25 heavy (non-hydrogen) atoms. The van der Waals surface area contributed by atoms with Crippen molar-refractivity contribution in [3.63, 3.8) is 0 Å². The molecule has 1 fully saturated rings. The largest absolute Gasteiger partial charge is 0.480 e. The number of carboxylic acid groups (broad SMARTS) is 1. The van der Waals surface area contributed by atoms with Gasteiger partial charge in [-0.15, -0.1) is 0 Å². The molecule has 0 bridgehead atoms. The van der Waals surface area contributed by atoms with Crippen LogP contribution in [0.2, 0.25) is 0 Å². The Morgan fingerprint density at radius 3 is 2.36 bits per heavy atom. The molecular weight excluding hydrogens is 318 g/mol. The van der Waals surface area contributed by atoms with E-state index < -0.39 is 5.97 Å². The molecule has 2 rings (SSSR count). The van der Waals surface area contributed by atoms with Crippen LogP contribution in [-0.2, 0) is 17.6 Å². The number of carbonyl (C=O) groups excluding carboxylic acids is 1. The molecule has 1 aliphatic carbocycles. The zero-order valence-corrected chi connectivity index (χ0v) is 15.1. The van der Waals surface area contributed by atoms with E-state index in [-0.39, 0.29) is 24.7 Å². The second-order valence-electron chi connectivity index (χ2n) is 6.60. The first kappa shape index (κ1) is 19.2. The summed E-state index contributed by atoms with van der Waals surface area (Å²) in [6, 6.07) is 8.71. The Bertz CT molecular complexity index is 568. The van der Waals surface area contributed by atoms with Crippen LogP contribution in [0.4, 0.5) is 4.79 Å². The second kappa shape index (κ2) is 9.42. The number of aliphatic carboxylic acids is 1. The highest BCUT2D eigenvalue weighted by Crippen LogP contribution is 2.25. The number of nitrogens with zero attached hydrogens (tertiary/aromatic N) is 1. The molecule has 0 spiro atoms. The van der Waals surface area contributed by atoms with E-state index in [2.05, 4.69) is 41.8 Å². The Morgan fingerprint density at radius 2 is 1.80 bits per heavy atom. The van der Waals surface area contributed by atoms with Crippen molar-refractivity contribution >= 4 is 12.0 Å². The molecule has 0 unspecified atom stereocenters. The molecule has 6 heteroatoms. The number of likely N-dealkylation sites (N-methyl/N-ethyl adjacent to an activating group) is 1. The third-order valence-electron chi connectivity index (χ3n) is 4.84. The van der Waals surface area contributed by atoms with Crippen LogP contribution in [0, 0.1) is 0 Å². The van der Waals surface area contributed by atoms with Gasteiger partial charge in [0.15, 0.2) is 0 Å². The van der Waals surface area contributed by atoms with E-state index in [4.69, 9.17) is 5.11 Å². The van der Waals surface area contributed by atoms with Gasteiger partial charge in [0.25, 0.3) is 0 Å². The second-order valence-corrected chi connectivity index (χ2v) is 6.60. The Balaban J connectivity index is 1.62. The van der Waals surface area contributed by atoms with Crippen molar-refractivity contribution in [1.82, 2.24) is 15.5 Å². The van der Waals surface area contributed by atoms with Crippen molar-refractivity contribution in [1.29, 1.82) is 0 Å². The van der Waals surface area contributed by atoms with E-state index in [1.54, 1.807) is 0 Å². The lowest BCUT2D eigenvalue weighted by atomic mass is 9.85. The van der Waals surface area contributed by atoms with Gasteiger partial charge < -0.3 is 15.7 Å². The van der Waals surface area contributed by atoms with Gasteiger partial charge in [-0.3, -0.25) is 9.69 Å². The van der Waals surface area contributed by atoms with Crippen LogP contribution >= 0.6 is 0 Å². The predicted octanol–water partition coefficient (Wildman–Crippen LogP) is 2.03. The van der Waals surface area contributed by atoms with Gasteiger partial charge in [-0.1, -0.05) is 38.1 Å². The van der Waals surface area contributed by atoms with Crippen molar-refractivity contribution in [3.05, 3.63) is 35.4 Å². The van der Waals surface area contributed by atoms with Gasteiger partial charge >= 0.3 is 12.0 Å². The molecule has 0 heterocycles. The smallest absolute Gasteiger partial charge is 0.317 e. The summed E-state index contributed by atoms with van der Waals surface area (Å²) in [6.45, 7) is 5.48. The van der Waals surface area contributed by atoms with E-state index >= 15 is 0 Å². The van der Waals surface area contributed by atoms with Crippen LogP contribution in [0.15, 0.2) is 24.3 Å². The first-order valence-electron chi connectivity index (χ1n) is 9.09. The van der Waals surface area contributed by atoms with Crippen LogP contribution in [0.5, 0.6) is 0 Å². The van der Waals surface area contributed by atoms with Crippen LogP contribution in [0.1, 0.15) is 37.8 Å². The van der Waals surface area contributed by atoms with E-state index in [0.717, 1.165) is 25.7 Å². The first-order valence-corrected chi connectivity index (χ1v) is 9.09. The summed E-state index contributed by atoms with van der Waals surface area (Å²) in [5, 5.41) is 14.7. The summed E-state index contributed by atoms with van der Waals surface area (Å²) in [6.07, 6.45) is 3.47. The van der Waals surface area contributed by atoms with Gasteiger partial charge in [-0.25, -0.2) is 4.79 Å². The van der Waals surface area contributed by atoms with Crippen LogP contribution in [0.25, 0.3) is 0 Å². The number of aryl methyl sites for hydroxylation is 1. The summed E-state index contributed by atoms with van der Waals surface area (Å²) in [5.41, 5.74) is 2.53. The van der Waals surface area contributed by atoms with Crippen LogP contribution < -0.4 is 10.6 Å². The lowest BCUT2D eigenvalue weighted by molar-refractivity contribution is -0.139. The highest BCUT2D eigenvalue weighted by atomic mass is 16.4. The average molecular weight is 347 g/mol. The Morgan fingerprint density at radius 1 is 1.16 bits per heavy atom. The van der Waals surface area contributed by atoms with Gasteiger partial charge in [0.05, 0.1) is 6.54 Å². The lowest BCUT2D eigenvalue weighted by Gasteiger charge is -2.42. The van der Waals surface area contributed by atoms with Crippen LogP contribution in [-0.4, -0.2) is 53.7 Å². The summed E-state index contributed by atoms with van der Waals surface area (Å²) >= 11 is 0. The molecule has 2 amide bonds. The minimum absolute atomic E-state index is 0.0664. The van der Waals surface area contributed by atoms with Gasteiger partial charge in [0.1, 0.15) is 0 Å². The first-order chi connectivity index (χ1) is 12.0. The van der Waals surface area contributed by atoms with Crippen LogP contribution in [0.3, 0.4) is 0 Å². The number of hydrogen-bond acceptors (Lipinski definition) is 3. The molecule has 0 atom stereocenters. The molecule has 0 aliphatic heterocycles. The van der Waals surface area contributed by atoms with Gasteiger partial charge in [0.2, 0.25) is 0 Å². The molecule has 1 aromatic rings. The number of urea groups is 1. The number of rotatable bonds is 9. The Kier molecular flexibility index (Phi) is 7.25. The molecule has 1 aromatic carbocycles. The Hall–Kier alpha value is -2.08. The number of amides is 2. The molecule has 1 saturated carbocycles. The highest BCUT2D eigenvalue weighted by Gasteiger charge is 2.34. The quantitative estimate of drug-likeness (QED) is 0.638.